The molecule has 6 heteroatoms. The SMILES string of the molecule is CCOC(=O)C1C(CC)=Nc2[nH]ncc2C1c1ccccc1OC. The highest BCUT2D eigenvalue weighted by Crippen LogP contribution is 2.45. The van der Waals surface area contributed by atoms with E-state index in [4.69, 9.17) is 9.47 Å². The molecule has 1 aromatic carbocycles. The Hall–Kier alpha value is -2.63. The Morgan fingerprint density at radius 2 is 2.04 bits per heavy atom. The van der Waals surface area contributed by atoms with Gasteiger partial charge in [-0.3, -0.25) is 9.89 Å². The number of nitrogens with zero attached hydrogens (tertiary/aromatic N) is 2. The van der Waals surface area contributed by atoms with Crippen molar-refractivity contribution in [2.24, 2.45) is 10.9 Å². The first-order valence-electron chi connectivity index (χ1n) is 8.11. The Labute approximate surface area is 140 Å². The number of methoxy groups -OCH3 is 1. The number of hydrogen-bond acceptors (Lipinski definition) is 5. The molecule has 0 fully saturated rings. The van der Waals surface area contributed by atoms with Gasteiger partial charge in [0, 0.05) is 22.8 Å². The molecule has 0 aliphatic carbocycles. The predicted octanol–water partition coefficient (Wildman–Crippen LogP) is 3.23. The van der Waals surface area contributed by atoms with Crippen LogP contribution in [-0.2, 0) is 9.53 Å². The fraction of sp³-hybridized carbons (Fsp3) is 0.389. The lowest BCUT2D eigenvalue weighted by Crippen LogP contribution is -2.34. The van der Waals surface area contributed by atoms with Gasteiger partial charge < -0.3 is 9.47 Å². The summed E-state index contributed by atoms with van der Waals surface area (Å²) in [6, 6.07) is 7.73. The van der Waals surface area contributed by atoms with Crippen LogP contribution in [0.25, 0.3) is 0 Å². The van der Waals surface area contributed by atoms with Crippen LogP contribution in [0.3, 0.4) is 0 Å². The summed E-state index contributed by atoms with van der Waals surface area (Å²) in [4.78, 5) is 17.3. The Morgan fingerprint density at radius 1 is 1.25 bits per heavy atom. The van der Waals surface area contributed by atoms with Crippen LogP contribution in [0.2, 0.25) is 0 Å². The highest BCUT2D eigenvalue weighted by atomic mass is 16.5. The molecule has 0 saturated carbocycles. The van der Waals surface area contributed by atoms with Gasteiger partial charge in [-0.05, 0) is 19.4 Å². The molecule has 2 unspecified atom stereocenters. The van der Waals surface area contributed by atoms with Gasteiger partial charge in [-0.15, -0.1) is 0 Å². The number of aromatic amines is 1. The zero-order valence-corrected chi connectivity index (χ0v) is 14.1. The smallest absolute Gasteiger partial charge is 0.315 e. The molecule has 6 nitrogen and oxygen atoms in total. The topological polar surface area (TPSA) is 76.6 Å². The molecule has 126 valence electrons. The first-order chi connectivity index (χ1) is 11.7. The quantitative estimate of drug-likeness (QED) is 0.855. The number of carbonyl (C=O) groups is 1. The summed E-state index contributed by atoms with van der Waals surface area (Å²) in [6.07, 6.45) is 2.39. The molecule has 2 atom stereocenters. The molecular formula is C18H21N3O3. The van der Waals surface area contributed by atoms with E-state index in [9.17, 15) is 4.79 Å². The van der Waals surface area contributed by atoms with Crippen molar-refractivity contribution in [1.82, 2.24) is 10.2 Å². The number of fused-ring (bicyclic) bond motifs is 1. The Morgan fingerprint density at radius 3 is 2.75 bits per heavy atom. The normalized spacial score (nSPS) is 19.4. The Kier molecular flexibility index (Phi) is 4.64. The number of benzene rings is 1. The second-order valence-corrected chi connectivity index (χ2v) is 5.58. The number of para-hydroxylation sites is 1. The van der Waals surface area contributed by atoms with Crippen LogP contribution in [0.4, 0.5) is 5.82 Å². The van der Waals surface area contributed by atoms with Crippen molar-refractivity contribution in [3.63, 3.8) is 0 Å². The molecule has 0 bridgehead atoms. The molecule has 1 aliphatic rings. The highest BCUT2D eigenvalue weighted by molar-refractivity contribution is 6.06. The molecule has 24 heavy (non-hydrogen) atoms. The summed E-state index contributed by atoms with van der Waals surface area (Å²) < 4.78 is 10.9. The van der Waals surface area contributed by atoms with Gasteiger partial charge in [-0.25, -0.2) is 4.99 Å². The first kappa shape index (κ1) is 16.2. The number of aromatic nitrogens is 2. The van der Waals surface area contributed by atoms with Crippen molar-refractivity contribution in [3.8, 4) is 5.75 Å². The molecule has 3 rings (SSSR count). The van der Waals surface area contributed by atoms with Gasteiger partial charge in [-0.2, -0.15) is 5.10 Å². The van der Waals surface area contributed by atoms with Gasteiger partial charge in [0.15, 0.2) is 5.82 Å². The third-order valence-electron chi connectivity index (χ3n) is 4.31. The van der Waals surface area contributed by atoms with E-state index in [1.807, 2.05) is 38.1 Å². The second-order valence-electron chi connectivity index (χ2n) is 5.58. The van der Waals surface area contributed by atoms with Crippen LogP contribution in [0.1, 0.15) is 37.3 Å². The molecule has 1 N–H and O–H groups in total. The van der Waals surface area contributed by atoms with Crippen LogP contribution in [0, 0.1) is 5.92 Å². The second kappa shape index (κ2) is 6.86. The van der Waals surface area contributed by atoms with E-state index in [1.54, 1.807) is 13.3 Å². The zero-order chi connectivity index (χ0) is 17.1. The average molecular weight is 327 g/mol. The standard InChI is InChI=1S/C18H21N3O3/c1-4-13-16(18(22)24-5-2)15(12-10-19-21-17(12)20-13)11-8-6-7-9-14(11)23-3/h6-10,15-16H,4-5H2,1-3H3,(H,19,21). The zero-order valence-electron chi connectivity index (χ0n) is 14.1. The van der Waals surface area contributed by atoms with E-state index in [2.05, 4.69) is 15.2 Å². The predicted molar refractivity (Wildman–Crippen MR) is 90.9 cm³/mol. The Bertz CT molecular complexity index is 766. The lowest BCUT2D eigenvalue weighted by atomic mass is 9.76. The molecule has 1 aliphatic heterocycles. The summed E-state index contributed by atoms with van der Waals surface area (Å²) >= 11 is 0. The van der Waals surface area contributed by atoms with Crippen molar-refractivity contribution in [1.29, 1.82) is 0 Å². The van der Waals surface area contributed by atoms with Crippen molar-refractivity contribution in [2.75, 3.05) is 13.7 Å². The maximum absolute atomic E-state index is 12.7. The number of rotatable bonds is 5. The van der Waals surface area contributed by atoms with E-state index < -0.39 is 5.92 Å². The van der Waals surface area contributed by atoms with Gasteiger partial charge in [-0.1, -0.05) is 25.1 Å². The van der Waals surface area contributed by atoms with Gasteiger partial charge in [0.05, 0.1) is 19.9 Å². The highest BCUT2D eigenvalue weighted by Gasteiger charge is 2.41. The third-order valence-corrected chi connectivity index (χ3v) is 4.31. The van der Waals surface area contributed by atoms with Crippen molar-refractivity contribution >= 4 is 17.5 Å². The molecule has 0 saturated heterocycles. The van der Waals surface area contributed by atoms with E-state index in [0.29, 0.717) is 18.8 Å². The van der Waals surface area contributed by atoms with E-state index in [0.717, 1.165) is 22.6 Å². The largest absolute Gasteiger partial charge is 0.496 e. The third kappa shape index (κ3) is 2.68. The van der Waals surface area contributed by atoms with Crippen molar-refractivity contribution in [2.45, 2.75) is 26.2 Å². The summed E-state index contributed by atoms with van der Waals surface area (Å²) in [5.41, 5.74) is 2.61. The molecule has 2 aromatic rings. The maximum Gasteiger partial charge on any atom is 0.315 e. The van der Waals surface area contributed by atoms with Crippen molar-refractivity contribution < 1.29 is 14.3 Å². The monoisotopic (exact) mass is 327 g/mol. The van der Waals surface area contributed by atoms with E-state index in [-0.39, 0.29) is 11.9 Å². The minimum atomic E-state index is -0.476. The summed E-state index contributed by atoms with van der Waals surface area (Å²) in [7, 11) is 1.63. The number of aliphatic imine (C=N–C) groups is 1. The minimum Gasteiger partial charge on any atom is -0.496 e. The van der Waals surface area contributed by atoms with Crippen LogP contribution < -0.4 is 4.74 Å². The number of carbonyl (C=O) groups excluding carboxylic acids is 1. The van der Waals surface area contributed by atoms with Gasteiger partial charge in [0.2, 0.25) is 0 Å². The molecular weight excluding hydrogens is 306 g/mol. The van der Waals surface area contributed by atoms with E-state index >= 15 is 0 Å². The molecule has 1 aromatic heterocycles. The minimum absolute atomic E-state index is 0.235. The number of hydrogen-bond donors (Lipinski definition) is 1. The fourth-order valence-corrected chi connectivity index (χ4v) is 3.26. The molecule has 2 heterocycles. The number of nitrogens with one attached hydrogen (secondary N) is 1. The van der Waals surface area contributed by atoms with Gasteiger partial charge >= 0.3 is 5.97 Å². The van der Waals surface area contributed by atoms with Crippen LogP contribution >= 0.6 is 0 Å². The summed E-state index contributed by atoms with van der Waals surface area (Å²) in [6.45, 7) is 4.14. The average Bonchev–Trinajstić information content (AvgIpc) is 3.08. The molecule has 0 amide bonds. The van der Waals surface area contributed by atoms with Gasteiger partial charge in [0.25, 0.3) is 0 Å². The van der Waals surface area contributed by atoms with Crippen LogP contribution in [0.5, 0.6) is 5.75 Å². The van der Waals surface area contributed by atoms with Crippen molar-refractivity contribution in [3.05, 3.63) is 41.6 Å². The fourth-order valence-electron chi connectivity index (χ4n) is 3.26. The number of esters is 1. The summed E-state index contributed by atoms with van der Waals surface area (Å²) in [5, 5.41) is 7.04. The van der Waals surface area contributed by atoms with E-state index in [1.165, 1.54) is 0 Å². The maximum atomic E-state index is 12.7. The molecule has 0 radical (unpaired) electrons. The molecule has 0 spiro atoms. The first-order valence-corrected chi connectivity index (χ1v) is 8.11. The number of ether oxygens (including phenoxy) is 2. The van der Waals surface area contributed by atoms with Crippen LogP contribution in [0.15, 0.2) is 35.5 Å². The van der Waals surface area contributed by atoms with Gasteiger partial charge in [0.1, 0.15) is 11.7 Å². The lowest BCUT2D eigenvalue weighted by Gasteiger charge is -2.30. The number of H-pyrrole nitrogens is 1. The van der Waals surface area contributed by atoms with Crippen LogP contribution in [-0.4, -0.2) is 35.6 Å². The Balaban J connectivity index is 2.18. The lowest BCUT2D eigenvalue weighted by molar-refractivity contribution is -0.146. The summed E-state index contributed by atoms with van der Waals surface area (Å²) in [5.74, 6) is 0.461.